The Kier molecular flexibility index (Phi) is 6.63. The molecule has 0 fully saturated rings. The minimum atomic E-state index is 0.766. The van der Waals surface area contributed by atoms with E-state index in [-0.39, 0.29) is 0 Å². The average Bonchev–Trinajstić information content (AvgIpc) is 2.16. The summed E-state index contributed by atoms with van der Waals surface area (Å²) in [6.07, 6.45) is 0. The molecule has 0 aliphatic rings. The van der Waals surface area contributed by atoms with Crippen molar-refractivity contribution in [2.24, 2.45) is 29.6 Å². The molecule has 89 valence electrons. The van der Waals surface area contributed by atoms with E-state index in [1.54, 1.807) is 0 Å². The number of rotatable bonds is 6. The summed E-state index contributed by atoms with van der Waals surface area (Å²) in [5.74, 6) is 4.75. The monoisotopic (exact) mass is 209 g/mol. The highest BCUT2D eigenvalue weighted by atomic mass is 14.3. The third kappa shape index (κ3) is 4.21. The predicted octanol–water partition coefficient (Wildman–Crippen LogP) is 4.75. The molecule has 4 atom stereocenters. The van der Waals surface area contributed by atoms with Crippen molar-refractivity contribution in [1.82, 2.24) is 0 Å². The van der Waals surface area contributed by atoms with Gasteiger partial charge in [0.25, 0.3) is 0 Å². The Bertz CT molecular complexity index is 163. The molecule has 0 N–H and O–H groups in total. The van der Waals surface area contributed by atoms with Crippen molar-refractivity contribution in [3.63, 3.8) is 0 Å². The maximum atomic E-state index is 2.42. The van der Waals surface area contributed by atoms with Crippen LogP contribution in [0.4, 0.5) is 0 Å². The van der Waals surface area contributed by atoms with E-state index in [4.69, 9.17) is 0 Å². The molecule has 0 saturated carbocycles. The van der Waals surface area contributed by atoms with E-state index in [0.717, 1.165) is 35.4 Å². The predicted molar refractivity (Wildman–Crippen MR) is 72.5 cm³/mol. The summed E-state index contributed by atoms with van der Waals surface area (Å²) < 4.78 is 0. The highest BCUT2D eigenvalue weighted by Crippen LogP contribution is 2.37. The van der Waals surface area contributed by atoms with Gasteiger partial charge in [0.1, 0.15) is 7.28 Å². The Balaban J connectivity index is 4.52. The van der Waals surface area contributed by atoms with E-state index in [1.807, 2.05) is 0 Å². The van der Waals surface area contributed by atoms with Crippen molar-refractivity contribution in [2.45, 2.75) is 61.1 Å². The van der Waals surface area contributed by atoms with E-state index >= 15 is 0 Å². The van der Waals surface area contributed by atoms with Gasteiger partial charge >= 0.3 is 0 Å². The Morgan fingerprint density at radius 1 is 0.600 bits per heavy atom. The first-order valence-electron chi connectivity index (χ1n) is 6.62. The molecule has 0 bridgehead atoms. The lowest BCUT2D eigenvalue weighted by Gasteiger charge is -2.36. The molecule has 1 heteroatoms. The van der Waals surface area contributed by atoms with Gasteiger partial charge in [-0.1, -0.05) is 61.1 Å². The SMILES string of the molecule is C[B]C(C(C)C(C)C)C(C)C(C)C(C)C. The highest BCUT2D eigenvalue weighted by Gasteiger charge is 2.28. The van der Waals surface area contributed by atoms with Crippen LogP contribution >= 0.6 is 0 Å². The minimum absolute atomic E-state index is 0.766. The summed E-state index contributed by atoms with van der Waals surface area (Å²) >= 11 is 0. The van der Waals surface area contributed by atoms with E-state index in [2.05, 4.69) is 62.6 Å². The summed E-state index contributed by atoms with van der Waals surface area (Å²) in [6, 6.07) is 0. The third-order valence-corrected chi connectivity index (χ3v) is 4.53. The smallest absolute Gasteiger partial charge is 0.0917 e. The second kappa shape index (κ2) is 6.61. The van der Waals surface area contributed by atoms with Gasteiger partial charge in [-0.15, -0.1) is 0 Å². The van der Waals surface area contributed by atoms with Gasteiger partial charge in [0.15, 0.2) is 0 Å². The van der Waals surface area contributed by atoms with E-state index < -0.39 is 0 Å². The molecule has 0 aliphatic heterocycles. The minimum Gasteiger partial charge on any atom is -0.0917 e. The van der Waals surface area contributed by atoms with Gasteiger partial charge in [0.05, 0.1) is 0 Å². The molecule has 4 unspecified atom stereocenters. The van der Waals surface area contributed by atoms with Crippen LogP contribution in [0.5, 0.6) is 0 Å². The fourth-order valence-electron chi connectivity index (χ4n) is 2.49. The van der Waals surface area contributed by atoms with Crippen LogP contribution in [0, 0.1) is 29.6 Å². The average molecular weight is 209 g/mol. The number of hydrogen-bond acceptors (Lipinski definition) is 0. The topological polar surface area (TPSA) is 0 Å². The Morgan fingerprint density at radius 3 is 1.27 bits per heavy atom. The fourth-order valence-corrected chi connectivity index (χ4v) is 2.49. The second-order valence-corrected chi connectivity index (χ2v) is 5.98. The Labute approximate surface area is 98.5 Å². The molecule has 0 amide bonds. The molecule has 0 heterocycles. The lowest BCUT2D eigenvalue weighted by atomic mass is 9.52. The third-order valence-electron chi connectivity index (χ3n) is 4.53. The molecule has 0 spiro atoms. The Hall–Kier alpha value is 0.0649. The van der Waals surface area contributed by atoms with Crippen molar-refractivity contribution < 1.29 is 0 Å². The zero-order chi connectivity index (χ0) is 12.2. The standard InChI is InChI=1S/C14H30B/c1-9(2)11(5)13(7)14(15-8)12(6)10(3)4/h9-14H,1-8H3. The van der Waals surface area contributed by atoms with Crippen molar-refractivity contribution in [3.8, 4) is 0 Å². The van der Waals surface area contributed by atoms with Gasteiger partial charge < -0.3 is 0 Å². The number of hydrogen-bond donors (Lipinski definition) is 0. The van der Waals surface area contributed by atoms with Crippen LogP contribution in [0.3, 0.4) is 0 Å². The molecule has 0 aromatic carbocycles. The highest BCUT2D eigenvalue weighted by molar-refractivity contribution is 6.35. The Morgan fingerprint density at radius 2 is 1.00 bits per heavy atom. The molecule has 15 heavy (non-hydrogen) atoms. The van der Waals surface area contributed by atoms with Gasteiger partial charge in [-0.05, 0) is 29.6 Å². The zero-order valence-electron chi connectivity index (χ0n) is 12.0. The summed E-state index contributed by atoms with van der Waals surface area (Å²) in [5.41, 5.74) is 0. The molecule has 0 saturated heterocycles. The van der Waals surface area contributed by atoms with Crippen molar-refractivity contribution in [3.05, 3.63) is 0 Å². The van der Waals surface area contributed by atoms with E-state index in [0.29, 0.717) is 0 Å². The largest absolute Gasteiger partial charge is 0.110 e. The molecule has 0 aliphatic carbocycles. The van der Waals surface area contributed by atoms with Gasteiger partial charge in [-0.3, -0.25) is 0 Å². The molecule has 0 rings (SSSR count). The van der Waals surface area contributed by atoms with Crippen molar-refractivity contribution in [2.75, 3.05) is 0 Å². The van der Waals surface area contributed by atoms with Crippen LogP contribution in [0.2, 0.25) is 12.6 Å². The summed E-state index contributed by atoms with van der Waals surface area (Å²) in [5, 5.41) is 0. The summed E-state index contributed by atoms with van der Waals surface area (Å²) in [4.78, 5) is 0. The van der Waals surface area contributed by atoms with Gasteiger partial charge in [-0.25, -0.2) is 0 Å². The molecule has 0 aromatic rings. The molecule has 0 nitrogen and oxygen atoms in total. The molecular formula is C14H30B. The molecular weight excluding hydrogens is 179 g/mol. The fraction of sp³-hybridized carbons (Fsp3) is 1.00. The quantitative estimate of drug-likeness (QED) is 0.554. The molecule has 0 aromatic heterocycles. The maximum Gasteiger partial charge on any atom is 0.110 e. The molecule has 1 radical (unpaired) electrons. The van der Waals surface area contributed by atoms with Crippen molar-refractivity contribution >= 4 is 7.28 Å². The van der Waals surface area contributed by atoms with Crippen LogP contribution in [-0.4, -0.2) is 7.28 Å². The van der Waals surface area contributed by atoms with E-state index in [1.165, 1.54) is 0 Å². The summed E-state index contributed by atoms with van der Waals surface area (Å²) in [6.45, 7) is 18.8. The van der Waals surface area contributed by atoms with E-state index in [9.17, 15) is 0 Å². The lowest BCUT2D eigenvalue weighted by molar-refractivity contribution is 0.228. The first-order chi connectivity index (χ1) is 6.82. The maximum absolute atomic E-state index is 2.42. The lowest BCUT2D eigenvalue weighted by Crippen LogP contribution is -2.28. The van der Waals surface area contributed by atoms with Gasteiger partial charge in [0.2, 0.25) is 0 Å². The summed E-state index contributed by atoms with van der Waals surface area (Å²) in [7, 11) is 2.42. The van der Waals surface area contributed by atoms with Crippen LogP contribution in [0.1, 0.15) is 48.5 Å². The van der Waals surface area contributed by atoms with Crippen LogP contribution in [0.15, 0.2) is 0 Å². The zero-order valence-corrected chi connectivity index (χ0v) is 12.0. The van der Waals surface area contributed by atoms with Gasteiger partial charge in [0, 0.05) is 0 Å². The first-order valence-corrected chi connectivity index (χ1v) is 6.62. The normalized spacial score (nSPS) is 20.1. The van der Waals surface area contributed by atoms with Crippen LogP contribution in [0.25, 0.3) is 0 Å². The van der Waals surface area contributed by atoms with Crippen LogP contribution in [-0.2, 0) is 0 Å². The van der Waals surface area contributed by atoms with Gasteiger partial charge in [-0.2, -0.15) is 0 Å². The second-order valence-electron chi connectivity index (χ2n) is 5.98. The van der Waals surface area contributed by atoms with Crippen molar-refractivity contribution in [1.29, 1.82) is 0 Å². The van der Waals surface area contributed by atoms with Crippen LogP contribution < -0.4 is 0 Å². The first kappa shape index (κ1) is 15.1.